The van der Waals surface area contributed by atoms with E-state index < -0.39 is 0 Å². The van der Waals surface area contributed by atoms with Crippen molar-refractivity contribution in [3.63, 3.8) is 0 Å². The van der Waals surface area contributed by atoms with E-state index in [0.717, 1.165) is 24.6 Å². The lowest BCUT2D eigenvalue weighted by molar-refractivity contribution is 0.433. The Labute approximate surface area is 112 Å². The summed E-state index contributed by atoms with van der Waals surface area (Å²) in [6.45, 7) is 2.67. The minimum absolute atomic E-state index is 0. The summed E-state index contributed by atoms with van der Waals surface area (Å²) in [7, 11) is 0. The molecule has 0 N–H and O–H groups in total. The van der Waals surface area contributed by atoms with Crippen molar-refractivity contribution in [2.24, 2.45) is 20.3 Å². The maximum atomic E-state index is 4.54. The molecule has 2 aliphatic heterocycles. The summed E-state index contributed by atoms with van der Waals surface area (Å²) in [5.41, 5.74) is 1.00. The van der Waals surface area contributed by atoms with Gasteiger partial charge in [-0.15, -0.1) is 0 Å². The molecule has 2 heterocycles. The third-order valence-corrected chi connectivity index (χ3v) is 3.64. The largest absolute Gasteiger partial charge is 0.264 e. The van der Waals surface area contributed by atoms with Crippen LogP contribution in [0.1, 0.15) is 26.3 Å². The van der Waals surface area contributed by atoms with E-state index in [0.29, 0.717) is 0 Å². The van der Waals surface area contributed by atoms with Crippen molar-refractivity contribution in [3.05, 3.63) is 35.9 Å². The van der Waals surface area contributed by atoms with Gasteiger partial charge in [0.25, 0.3) is 0 Å². The number of hydrogen-bond donors (Lipinski definition) is 0. The molecule has 2 unspecified atom stereocenters. The van der Waals surface area contributed by atoms with Gasteiger partial charge in [-0.2, -0.15) is 5.11 Å². The lowest BCUT2D eigenvalue weighted by Gasteiger charge is -2.18. The SMILES string of the molecule is C.CC1=NC2CC23N=NN(Cc2ccccc2)C3=N1. The van der Waals surface area contributed by atoms with Gasteiger partial charge in [-0.3, -0.25) is 4.99 Å². The molecule has 98 valence electrons. The van der Waals surface area contributed by atoms with Crippen LogP contribution in [0.4, 0.5) is 0 Å². The highest BCUT2D eigenvalue weighted by Crippen LogP contribution is 2.50. The van der Waals surface area contributed by atoms with Crippen molar-refractivity contribution < 1.29 is 0 Å². The average molecular weight is 255 g/mol. The highest BCUT2D eigenvalue weighted by molar-refractivity contribution is 6.07. The molecule has 19 heavy (non-hydrogen) atoms. The summed E-state index contributed by atoms with van der Waals surface area (Å²) >= 11 is 0. The van der Waals surface area contributed by atoms with Crippen LogP contribution in [0, 0.1) is 0 Å². The maximum Gasteiger partial charge on any atom is 0.167 e. The molecule has 1 spiro atoms. The van der Waals surface area contributed by atoms with Crippen LogP contribution in [0.15, 0.2) is 50.7 Å². The van der Waals surface area contributed by atoms with Gasteiger partial charge in [0.05, 0.1) is 12.6 Å². The van der Waals surface area contributed by atoms with Crippen molar-refractivity contribution in [1.82, 2.24) is 5.01 Å². The van der Waals surface area contributed by atoms with Crippen LogP contribution in [-0.2, 0) is 6.54 Å². The maximum absolute atomic E-state index is 4.54. The first-order valence-electron chi connectivity index (χ1n) is 6.16. The molecule has 1 aromatic carbocycles. The minimum atomic E-state index is -0.214. The zero-order valence-electron chi connectivity index (χ0n) is 10.1. The molecule has 5 nitrogen and oxygen atoms in total. The monoisotopic (exact) mass is 255 g/mol. The standard InChI is InChI=1S/C13H13N5.CH4/c1-9-14-11-7-13(11)12(15-9)18(17-16-13)8-10-5-3-2-4-6-10;/h2-6,11H,7-8H2,1H3;1H4. The average Bonchev–Trinajstić information content (AvgIpc) is 2.99. The molecule has 1 aliphatic carbocycles. The van der Waals surface area contributed by atoms with Gasteiger partial charge in [0.15, 0.2) is 11.4 Å². The van der Waals surface area contributed by atoms with Gasteiger partial charge in [-0.05, 0) is 12.5 Å². The number of amidine groups is 2. The van der Waals surface area contributed by atoms with Crippen LogP contribution >= 0.6 is 0 Å². The summed E-state index contributed by atoms with van der Waals surface area (Å²) in [5, 5.41) is 10.6. The van der Waals surface area contributed by atoms with Crippen molar-refractivity contribution >= 4 is 11.7 Å². The number of rotatable bonds is 2. The lowest BCUT2D eigenvalue weighted by Crippen LogP contribution is -2.35. The fraction of sp³-hybridized carbons (Fsp3) is 0.429. The highest BCUT2D eigenvalue weighted by atomic mass is 15.6. The van der Waals surface area contributed by atoms with Crippen molar-refractivity contribution in [1.29, 1.82) is 0 Å². The topological polar surface area (TPSA) is 52.7 Å². The predicted octanol–water partition coefficient (Wildman–Crippen LogP) is 2.85. The zero-order valence-corrected chi connectivity index (χ0v) is 10.1. The minimum Gasteiger partial charge on any atom is -0.264 e. The quantitative estimate of drug-likeness (QED) is 0.801. The second-order valence-corrected chi connectivity index (χ2v) is 4.99. The number of benzene rings is 1. The van der Waals surface area contributed by atoms with E-state index in [1.165, 1.54) is 5.56 Å². The van der Waals surface area contributed by atoms with Crippen LogP contribution in [0.5, 0.6) is 0 Å². The Kier molecular flexibility index (Phi) is 2.52. The van der Waals surface area contributed by atoms with E-state index >= 15 is 0 Å². The second kappa shape index (κ2) is 3.98. The molecule has 5 heteroatoms. The van der Waals surface area contributed by atoms with Gasteiger partial charge in [0.1, 0.15) is 5.84 Å². The first-order valence-corrected chi connectivity index (χ1v) is 6.16. The first-order chi connectivity index (χ1) is 8.78. The molecule has 2 atom stereocenters. The van der Waals surface area contributed by atoms with Gasteiger partial charge >= 0.3 is 0 Å². The Hall–Kier alpha value is -2.04. The molecule has 1 saturated carbocycles. The molecular formula is C14H17N5. The van der Waals surface area contributed by atoms with Gasteiger partial charge in [-0.1, -0.05) is 43.0 Å². The van der Waals surface area contributed by atoms with Crippen molar-refractivity contribution in [2.75, 3.05) is 0 Å². The summed E-state index contributed by atoms with van der Waals surface area (Å²) in [6, 6.07) is 10.5. The van der Waals surface area contributed by atoms with E-state index in [4.69, 9.17) is 0 Å². The lowest BCUT2D eigenvalue weighted by atomic mass is 10.2. The Bertz CT molecular complexity index is 589. The first kappa shape index (κ1) is 12.0. The summed E-state index contributed by atoms with van der Waals surface area (Å²) in [5.74, 6) is 1.82. The number of hydrogen-bond acceptors (Lipinski definition) is 5. The van der Waals surface area contributed by atoms with Crippen LogP contribution in [-0.4, -0.2) is 28.3 Å². The van der Waals surface area contributed by atoms with E-state index in [9.17, 15) is 0 Å². The Morgan fingerprint density at radius 1 is 1.32 bits per heavy atom. The Balaban J connectivity index is 0.00000110. The molecule has 0 aromatic heterocycles. The van der Waals surface area contributed by atoms with Gasteiger partial charge in [0, 0.05) is 6.42 Å². The molecule has 3 aliphatic rings. The van der Waals surface area contributed by atoms with Crippen LogP contribution in [0.2, 0.25) is 0 Å². The Morgan fingerprint density at radius 3 is 2.89 bits per heavy atom. The molecule has 0 saturated heterocycles. The summed E-state index contributed by atoms with van der Waals surface area (Å²) in [4.78, 5) is 9.02. The molecule has 1 fully saturated rings. The summed E-state index contributed by atoms with van der Waals surface area (Å²) in [6.07, 6.45) is 0.956. The molecular weight excluding hydrogens is 238 g/mol. The van der Waals surface area contributed by atoms with Crippen LogP contribution in [0.25, 0.3) is 0 Å². The fourth-order valence-electron chi connectivity index (χ4n) is 2.61. The van der Waals surface area contributed by atoms with Crippen LogP contribution < -0.4 is 0 Å². The molecule has 0 bridgehead atoms. The van der Waals surface area contributed by atoms with Crippen molar-refractivity contribution in [2.45, 2.75) is 38.9 Å². The van der Waals surface area contributed by atoms with Gasteiger partial charge in [-0.25, -0.2) is 10.0 Å². The molecule has 0 radical (unpaired) electrons. The second-order valence-electron chi connectivity index (χ2n) is 4.99. The van der Waals surface area contributed by atoms with E-state index in [2.05, 4.69) is 32.5 Å². The fourth-order valence-corrected chi connectivity index (χ4v) is 2.61. The zero-order chi connectivity index (χ0) is 12.2. The summed E-state index contributed by atoms with van der Waals surface area (Å²) < 4.78 is 0. The molecule has 1 aromatic rings. The van der Waals surface area contributed by atoms with Gasteiger partial charge in [0.2, 0.25) is 0 Å². The van der Waals surface area contributed by atoms with E-state index in [1.54, 1.807) is 0 Å². The van der Waals surface area contributed by atoms with E-state index in [1.807, 2.05) is 30.1 Å². The smallest absolute Gasteiger partial charge is 0.167 e. The number of nitrogens with zero attached hydrogens (tertiary/aromatic N) is 5. The van der Waals surface area contributed by atoms with E-state index in [-0.39, 0.29) is 19.0 Å². The van der Waals surface area contributed by atoms with Gasteiger partial charge < -0.3 is 0 Å². The highest BCUT2D eigenvalue weighted by Gasteiger charge is 2.65. The third-order valence-electron chi connectivity index (χ3n) is 3.64. The third kappa shape index (κ3) is 1.69. The van der Waals surface area contributed by atoms with Crippen LogP contribution in [0.3, 0.4) is 0 Å². The normalized spacial score (nSPS) is 29.9. The predicted molar refractivity (Wildman–Crippen MR) is 75.3 cm³/mol. The van der Waals surface area contributed by atoms with Crippen molar-refractivity contribution in [3.8, 4) is 0 Å². The number of aliphatic imine (C=N–C) groups is 2. The molecule has 0 amide bonds. The Morgan fingerprint density at radius 2 is 2.11 bits per heavy atom. The molecule has 4 rings (SSSR count).